The van der Waals surface area contributed by atoms with Gasteiger partial charge in [0, 0.05) is 22.6 Å². The Labute approximate surface area is 89.0 Å². The fourth-order valence-corrected chi connectivity index (χ4v) is 3.42. The lowest BCUT2D eigenvalue weighted by atomic mass is 9.70. The first-order chi connectivity index (χ1) is 5.48. The zero-order valence-electron chi connectivity index (χ0n) is 8.18. The number of fused-ring (bicyclic) bond motifs is 2. The minimum atomic E-state index is 0.397. The molecular formula is C10H18IN. The largest absolute Gasteiger partial charge is 0.298 e. The van der Waals surface area contributed by atoms with Crippen LogP contribution in [0.2, 0.25) is 0 Å². The summed E-state index contributed by atoms with van der Waals surface area (Å²) in [6.07, 6.45) is 1.50. The Morgan fingerprint density at radius 1 is 1.17 bits per heavy atom. The van der Waals surface area contributed by atoms with Gasteiger partial charge in [0.15, 0.2) is 0 Å². The zero-order chi connectivity index (χ0) is 8.93. The molecule has 2 heterocycles. The smallest absolute Gasteiger partial charge is 0.0191 e. The second-order valence-electron chi connectivity index (χ2n) is 5.28. The van der Waals surface area contributed by atoms with E-state index in [1.54, 1.807) is 0 Å². The molecule has 1 aliphatic carbocycles. The summed E-state index contributed by atoms with van der Waals surface area (Å²) in [5, 5.41) is 0. The van der Waals surface area contributed by atoms with Crippen molar-refractivity contribution in [2.75, 3.05) is 13.1 Å². The van der Waals surface area contributed by atoms with E-state index in [1.807, 2.05) is 0 Å². The van der Waals surface area contributed by atoms with Crippen molar-refractivity contribution in [3.8, 4) is 0 Å². The molecule has 1 saturated carbocycles. The molecule has 3 rings (SSSR count). The SMILES string of the molecule is CC(C)(C)N1CC2CC(C1)C2I. The number of hydrogen-bond acceptors (Lipinski definition) is 1. The van der Waals surface area contributed by atoms with Crippen LogP contribution in [0.1, 0.15) is 27.2 Å². The maximum Gasteiger partial charge on any atom is 0.0191 e. The third-order valence-corrected chi connectivity index (χ3v) is 5.40. The number of piperidine rings is 2. The molecule has 0 aromatic rings. The summed E-state index contributed by atoms with van der Waals surface area (Å²) in [5.74, 6) is 2.01. The summed E-state index contributed by atoms with van der Waals surface area (Å²) >= 11 is 2.64. The summed E-state index contributed by atoms with van der Waals surface area (Å²) in [4.78, 5) is 2.65. The first-order valence-corrected chi connectivity index (χ1v) is 6.12. The second-order valence-corrected chi connectivity index (χ2v) is 6.71. The molecule has 2 aliphatic heterocycles. The third-order valence-electron chi connectivity index (χ3n) is 3.36. The van der Waals surface area contributed by atoms with Crippen LogP contribution in [0, 0.1) is 11.8 Å². The lowest BCUT2D eigenvalue weighted by Gasteiger charge is -2.55. The lowest BCUT2D eigenvalue weighted by Crippen LogP contribution is -2.60. The highest BCUT2D eigenvalue weighted by Crippen LogP contribution is 2.46. The van der Waals surface area contributed by atoms with Crippen molar-refractivity contribution in [2.24, 2.45) is 11.8 Å². The molecule has 0 amide bonds. The summed E-state index contributed by atoms with van der Waals surface area (Å²) in [5.41, 5.74) is 0.397. The number of nitrogens with zero attached hydrogens (tertiary/aromatic N) is 1. The van der Waals surface area contributed by atoms with Crippen molar-refractivity contribution < 1.29 is 0 Å². The van der Waals surface area contributed by atoms with Gasteiger partial charge in [-0.25, -0.2) is 0 Å². The van der Waals surface area contributed by atoms with Crippen LogP contribution in [-0.4, -0.2) is 27.5 Å². The van der Waals surface area contributed by atoms with E-state index >= 15 is 0 Å². The number of rotatable bonds is 0. The average Bonchev–Trinajstić information content (AvgIpc) is 2.02. The van der Waals surface area contributed by atoms with Crippen molar-refractivity contribution in [3.05, 3.63) is 0 Å². The van der Waals surface area contributed by atoms with E-state index in [-0.39, 0.29) is 0 Å². The van der Waals surface area contributed by atoms with Crippen LogP contribution >= 0.6 is 22.6 Å². The fourth-order valence-electron chi connectivity index (χ4n) is 2.38. The van der Waals surface area contributed by atoms with Gasteiger partial charge in [-0.15, -0.1) is 0 Å². The molecule has 0 N–H and O–H groups in total. The van der Waals surface area contributed by atoms with Gasteiger partial charge < -0.3 is 0 Å². The van der Waals surface area contributed by atoms with Crippen LogP contribution in [0.3, 0.4) is 0 Å². The lowest BCUT2D eigenvalue weighted by molar-refractivity contribution is -0.0112. The van der Waals surface area contributed by atoms with Crippen molar-refractivity contribution in [1.82, 2.24) is 4.90 Å². The molecule has 2 atom stereocenters. The maximum absolute atomic E-state index is 2.65. The number of hydrogen-bond donors (Lipinski definition) is 0. The van der Waals surface area contributed by atoms with Gasteiger partial charge in [0.05, 0.1) is 0 Å². The molecular weight excluding hydrogens is 261 g/mol. The Morgan fingerprint density at radius 2 is 1.67 bits per heavy atom. The normalized spacial score (nSPS) is 42.5. The highest BCUT2D eigenvalue weighted by atomic mass is 127. The molecule has 0 spiro atoms. The van der Waals surface area contributed by atoms with Gasteiger partial charge in [-0.2, -0.15) is 0 Å². The molecule has 2 bridgehead atoms. The summed E-state index contributed by atoms with van der Waals surface area (Å²) in [7, 11) is 0. The minimum Gasteiger partial charge on any atom is -0.298 e. The van der Waals surface area contributed by atoms with Crippen molar-refractivity contribution in [3.63, 3.8) is 0 Å². The molecule has 3 fully saturated rings. The minimum absolute atomic E-state index is 0.397. The molecule has 2 saturated heterocycles. The standard InChI is InChI=1S/C10H18IN/c1-10(2,3)12-5-7-4-8(6-12)9(7)11/h7-9H,4-6H2,1-3H3. The van der Waals surface area contributed by atoms with Gasteiger partial charge in [-0.1, -0.05) is 22.6 Å². The van der Waals surface area contributed by atoms with Gasteiger partial charge in [0.1, 0.15) is 0 Å². The molecule has 12 heavy (non-hydrogen) atoms. The number of halogens is 1. The Kier molecular flexibility index (Phi) is 2.19. The first-order valence-electron chi connectivity index (χ1n) is 4.87. The van der Waals surface area contributed by atoms with E-state index < -0.39 is 0 Å². The Balaban J connectivity index is 1.99. The summed E-state index contributed by atoms with van der Waals surface area (Å²) in [6, 6.07) is 0. The van der Waals surface area contributed by atoms with Crippen LogP contribution in [-0.2, 0) is 0 Å². The van der Waals surface area contributed by atoms with E-state index in [2.05, 4.69) is 48.3 Å². The van der Waals surface area contributed by atoms with E-state index in [0.29, 0.717) is 5.54 Å². The first kappa shape index (κ1) is 9.25. The van der Waals surface area contributed by atoms with Crippen molar-refractivity contribution in [2.45, 2.75) is 36.7 Å². The molecule has 1 nitrogen and oxygen atoms in total. The van der Waals surface area contributed by atoms with Gasteiger partial charge in [0.25, 0.3) is 0 Å². The predicted octanol–water partition coefficient (Wildman–Crippen LogP) is 2.54. The fraction of sp³-hybridized carbons (Fsp3) is 1.00. The average molecular weight is 279 g/mol. The Bertz CT molecular complexity index is 173. The highest BCUT2D eigenvalue weighted by molar-refractivity contribution is 14.1. The summed E-state index contributed by atoms with van der Waals surface area (Å²) < 4.78 is 0.987. The van der Waals surface area contributed by atoms with E-state index in [1.165, 1.54) is 19.5 Å². The summed E-state index contributed by atoms with van der Waals surface area (Å²) in [6.45, 7) is 9.68. The van der Waals surface area contributed by atoms with Gasteiger partial charge >= 0.3 is 0 Å². The van der Waals surface area contributed by atoms with E-state index in [9.17, 15) is 0 Å². The molecule has 0 radical (unpaired) electrons. The van der Waals surface area contributed by atoms with Gasteiger partial charge in [0.2, 0.25) is 0 Å². The van der Waals surface area contributed by atoms with Crippen LogP contribution in [0.15, 0.2) is 0 Å². The van der Waals surface area contributed by atoms with Crippen LogP contribution in [0.25, 0.3) is 0 Å². The van der Waals surface area contributed by atoms with Gasteiger partial charge in [-0.05, 0) is 39.0 Å². The highest BCUT2D eigenvalue weighted by Gasteiger charge is 2.47. The number of alkyl halides is 1. The topological polar surface area (TPSA) is 3.24 Å². The molecule has 0 aromatic heterocycles. The van der Waals surface area contributed by atoms with Crippen LogP contribution in [0.4, 0.5) is 0 Å². The Hall–Kier alpha value is 0.690. The molecule has 3 aliphatic rings. The molecule has 70 valence electrons. The zero-order valence-corrected chi connectivity index (χ0v) is 10.3. The van der Waals surface area contributed by atoms with Crippen LogP contribution in [0.5, 0.6) is 0 Å². The predicted molar refractivity (Wildman–Crippen MR) is 60.7 cm³/mol. The molecule has 2 heteroatoms. The van der Waals surface area contributed by atoms with Gasteiger partial charge in [-0.3, -0.25) is 4.90 Å². The van der Waals surface area contributed by atoms with E-state index in [4.69, 9.17) is 0 Å². The monoisotopic (exact) mass is 279 g/mol. The molecule has 2 unspecified atom stereocenters. The van der Waals surface area contributed by atoms with Crippen molar-refractivity contribution >= 4 is 22.6 Å². The Morgan fingerprint density at radius 3 is 2.00 bits per heavy atom. The maximum atomic E-state index is 2.65. The molecule has 0 aromatic carbocycles. The van der Waals surface area contributed by atoms with Crippen LogP contribution < -0.4 is 0 Å². The quantitative estimate of drug-likeness (QED) is 0.486. The third kappa shape index (κ3) is 1.41. The van der Waals surface area contributed by atoms with E-state index in [0.717, 1.165) is 15.8 Å². The van der Waals surface area contributed by atoms with Crippen molar-refractivity contribution in [1.29, 1.82) is 0 Å². The second kappa shape index (κ2) is 2.84.